The zero-order valence-corrected chi connectivity index (χ0v) is 13.8. The number of carbonyl (C=O) groups excluding carboxylic acids is 1. The molecule has 1 heterocycles. The highest BCUT2D eigenvalue weighted by Crippen LogP contribution is 2.25. The molecule has 1 aromatic carbocycles. The molecule has 1 amide bonds. The Bertz CT molecular complexity index is 833. The van der Waals surface area contributed by atoms with E-state index in [4.69, 9.17) is 4.74 Å². The molecule has 5 nitrogen and oxygen atoms in total. The van der Waals surface area contributed by atoms with Crippen LogP contribution in [0.5, 0.6) is 5.75 Å². The number of amides is 1. The van der Waals surface area contributed by atoms with Gasteiger partial charge in [-0.2, -0.15) is 13.2 Å². The van der Waals surface area contributed by atoms with Crippen molar-refractivity contribution in [2.45, 2.75) is 12.7 Å². The van der Waals surface area contributed by atoms with Crippen LogP contribution >= 0.6 is 0 Å². The maximum Gasteiger partial charge on any atom is 0.421 e. The van der Waals surface area contributed by atoms with E-state index >= 15 is 0 Å². The second-order valence-corrected chi connectivity index (χ2v) is 5.45. The molecular formula is C17H16F4N2O3. The fourth-order valence-corrected chi connectivity index (χ4v) is 2.12. The Morgan fingerprint density at radius 3 is 2.54 bits per heavy atom. The minimum Gasteiger partial charge on any atom is -0.489 e. The normalized spacial score (nSPS) is 11.3. The number of halogens is 4. The first kappa shape index (κ1) is 19.5. The summed E-state index contributed by atoms with van der Waals surface area (Å²) >= 11 is 0. The third-order valence-electron chi connectivity index (χ3n) is 3.58. The van der Waals surface area contributed by atoms with Gasteiger partial charge in [0.05, 0.1) is 6.54 Å². The molecular weight excluding hydrogens is 356 g/mol. The molecule has 26 heavy (non-hydrogen) atoms. The summed E-state index contributed by atoms with van der Waals surface area (Å²) in [5, 5.41) is 0. The van der Waals surface area contributed by atoms with E-state index < -0.39 is 35.6 Å². The second-order valence-electron chi connectivity index (χ2n) is 5.45. The molecule has 0 aliphatic carbocycles. The lowest BCUT2D eigenvalue weighted by molar-refractivity contribution is -0.139. The van der Waals surface area contributed by atoms with Crippen LogP contribution in [0, 0.1) is 5.82 Å². The Labute approximate surface area is 146 Å². The van der Waals surface area contributed by atoms with Crippen molar-refractivity contribution in [3.63, 3.8) is 0 Å². The van der Waals surface area contributed by atoms with Crippen LogP contribution in [0.25, 0.3) is 0 Å². The van der Waals surface area contributed by atoms with E-state index in [-0.39, 0.29) is 18.9 Å². The first-order valence-corrected chi connectivity index (χ1v) is 7.58. The van der Waals surface area contributed by atoms with Gasteiger partial charge >= 0.3 is 6.18 Å². The Balaban J connectivity index is 1.95. The van der Waals surface area contributed by atoms with Gasteiger partial charge in [-0.1, -0.05) is 12.1 Å². The van der Waals surface area contributed by atoms with Crippen molar-refractivity contribution >= 4 is 5.91 Å². The molecule has 140 valence electrons. The predicted molar refractivity (Wildman–Crippen MR) is 85.2 cm³/mol. The number of pyridine rings is 1. The fraction of sp³-hybridized carbons (Fsp3) is 0.294. The molecule has 0 aliphatic heterocycles. The molecule has 0 spiro atoms. The Morgan fingerprint density at radius 1 is 1.19 bits per heavy atom. The molecule has 0 saturated carbocycles. The van der Waals surface area contributed by atoms with E-state index in [0.717, 1.165) is 12.3 Å². The van der Waals surface area contributed by atoms with Crippen LogP contribution in [0.15, 0.2) is 47.4 Å². The van der Waals surface area contributed by atoms with E-state index in [1.165, 1.54) is 30.1 Å². The SMILES string of the molecule is CN(CCOc1ccccc1F)C(=O)Cn1cccc(C(F)(F)F)c1=O. The van der Waals surface area contributed by atoms with Gasteiger partial charge in [-0.15, -0.1) is 0 Å². The molecule has 2 rings (SSSR count). The Morgan fingerprint density at radius 2 is 1.88 bits per heavy atom. The largest absolute Gasteiger partial charge is 0.489 e. The van der Waals surface area contributed by atoms with Crippen molar-refractivity contribution < 1.29 is 27.1 Å². The lowest BCUT2D eigenvalue weighted by Crippen LogP contribution is -2.37. The van der Waals surface area contributed by atoms with E-state index in [9.17, 15) is 27.2 Å². The number of ether oxygens (including phenoxy) is 1. The predicted octanol–water partition coefficient (Wildman–Crippen LogP) is 2.54. The number of hydrogen-bond donors (Lipinski definition) is 0. The highest BCUT2D eigenvalue weighted by Gasteiger charge is 2.34. The van der Waals surface area contributed by atoms with Crippen molar-refractivity contribution in [2.24, 2.45) is 0 Å². The topological polar surface area (TPSA) is 51.5 Å². The number of alkyl halides is 3. The van der Waals surface area contributed by atoms with Crippen molar-refractivity contribution in [1.29, 1.82) is 0 Å². The number of benzene rings is 1. The third-order valence-corrected chi connectivity index (χ3v) is 3.58. The number of para-hydroxylation sites is 1. The van der Waals surface area contributed by atoms with Gasteiger partial charge in [-0.3, -0.25) is 9.59 Å². The molecule has 0 saturated heterocycles. The van der Waals surface area contributed by atoms with Gasteiger partial charge < -0.3 is 14.2 Å². The summed E-state index contributed by atoms with van der Waals surface area (Å²) in [6.45, 7) is -0.486. The van der Waals surface area contributed by atoms with Crippen LogP contribution in [0.4, 0.5) is 17.6 Å². The van der Waals surface area contributed by atoms with E-state index in [1.54, 1.807) is 6.07 Å². The summed E-state index contributed by atoms with van der Waals surface area (Å²) in [4.78, 5) is 25.1. The van der Waals surface area contributed by atoms with Crippen LogP contribution < -0.4 is 10.3 Å². The number of rotatable bonds is 6. The number of nitrogens with zero attached hydrogens (tertiary/aromatic N) is 2. The van der Waals surface area contributed by atoms with Crippen molar-refractivity contribution in [3.05, 3.63) is 64.3 Å². The molecule has 9 heteroatoms. The van der Waals surface area contributed by atoms with Gasteiger partial charge in [-0.25, -0.2) is 4.39 Å². The van der Waals surface area contributed by atoms with Crippen LogP contribution in [0.1, 0.15) is 5.56 Å². The van der Waals surface area contributed by atoms with Crippen molar-refractivity contribution in [3.8, 4) is 5.75 Å². The molecule has 0 aliphatic rings. The minimum absolute atomic E-state index is 0.0132. The standard InChI is InChI=1S/C17H16F4N2O3/c1-22(9-10-26-14-7-3-2-6-13(14)18)15(24)11-23-8-4-5-12(16(23)25)17(19,20)21/h2-8H,9-11H2,1H3. The van der Waals surface area contributed by atoms with Crippen LogP contribution in [-0.4, -0.2) is 35.6 Å². The van der Waals surface area contributed by atoms with Gasteiger partial charge in [0.15, 0.2) is 11.6 Å². The molecule has 0 radical (unpaired) electrons. The zero-order valence-electron chi connectivity index (χ0n) is 13.8. The van der Waals surface area contributed by atoms with Gasteiger partial charge in [0, 0.05) is 13.2 Å². The van der Waals surface area contributed by atoms with Crippen molar-refractivity contribution in [1.82, 2.24) is 9.47 Å². The zero-order chi connectivity index (χ0) is 19.3. The molecule has 0 unspecified atom stereocenters. The van der Waals surface area contributed by atoms with E-state index in [1.807, 2.05) is 0 Å². The fourth-order valence-electron chi connectivity index (χ4n) is 2.12. The van der Waals surface area contributed by atoms with E-state index in [0.29, 0.717) is 10.6 Å². The van der Waals surface area contributed by atoms with Crippen LogP contribution in [0.3, 0.4) is 0 Å². The van der Waals surface area contributed by atoms with Crippen LogP contribution in [-0.2, 0) is 17.5 Å². The number of carbonyl (C=O) groups is 1. The summed E-state index contributed by atoms with van der Waals surface area (Å²) in [6, 6.07) is 7.47. The van der Waals surface area contributed by atoms with Gasteiger partial charge in [0.1, 0.15) is 18.7 Å². The highest BCUT2D eigenvalue weighted by atomic mass is 19.4. The lowest BCUT2D eigenvalue weighted by Gasteiger charge is -2.18. The maximum atomic E-state index is 13.4. The van der Waals surface area contributed by atoms with E-state index in [2.05, 4.69) is 0 Å². The summed E-state index contributed by atoms with van der Waals surface area (Å²) in [7, 11) is 1.41. The molecule has 0 N–H and O–H groups in total. The summed E-state index contributed by atoms with van der Waals surface area (Å²) < 4.78 is 57.5. The minimum atomic E-state index is -4.79. The third kappa shape index (κ3) is 4.84. The monoisotopic (exact) mass is 372 g/mol. The quantitative estimate of drug-likeness (QED) is 0.733. The van der Waals surface area contributed by atoms with Gasteiger partial charge in [0.25, 0.3) is 5.56 Å². The lowest BCUT2D eigenvalue weighted by atomic mass is 10.2. The number of likely N-dealkylation sites (N-methyl/N-ethyl adjacent to an activating group) is 1. The summed E-state index contributed by atoms with van der Waals surface area (Å²) in [6.07, 6.45) is -3.68. The number of hydrogen-bond acceptors (Lipinski definition) is 3. The molecule has 0 fully saturated rings. The van der Waals surface area contributed by atoms with Crippen LogP contribution in [0.2, 0.25) is 0 Å². The molecule has 0 bridgehead atoms. The smallest absolute Gasteiger partial charge is 0.421 e. The molecule has 2 aromatic rings. The van der Waals surface area contributed by atoms with Gasteiger partial charge in [-0.05, 0) is 24.3 Å². The van der Waals surface area contributed by atoms with Gasteiger partial charge in [0.2, 0.25) is 5.91 Å². The summed E-state index contributed by atoms with van der Waals surface area (Å²) in [5.41, 5.74) is -2.62. The first-order chi connectivity index (χ1) is 12.2. The highest BCUT2D eigenvalue weighted by molar-refractivity contribution is 5.75. The maximum absolute atomic E-state index is 13.4. The number of aromatic nitrogens is 1. The average molecular weight is 372 g/mol. The first-order valence-electron chi connectivity index (χ1n) is 7.58. The average Bonchev–Trinajstić information content (AvgIpc) is 2.57. The van der Waals surface area contributed by atoms with Crippen molar-refractivity contribution in [2.75, 3.05) is 20.2 Å². The Hall–Kier alpha value is -2.84. The molecule has 0 atom stereocenters. The second kappa shape index (κ2) is 8.03. The molecule has 1 aromatic heterocycles. The summed E-state index contributed by atoms with van der Waals surface area (Å²) in [5.74, 6) is -1.09. The Kier molecular flexibility index (Phi) is 6.01.